The van der Waals surface area contributed by atoms with Gasteiger partial charge in [0.15, 0.2) is 12.4 Å². The summed E-state index contributed by atoms with van der Waals surface area (Å²) >= 11 is 0. The Bertz CT molecular complexity index is 850. The molecule has 6 nitrogen and oxygen atoms in total. The largest absolute Gasteiger partial charge is 0.619 e. The molecule has 1 aromatic heterocycles. The van der Waals surface area contributed by atoms with E-state index >= 15 is 0 Å². The number of piperidine rings is 1. The first-order chi connectivity index (χ1) is 13.4. The van der Waals surface area contributed by atoms with Crippen molar-refractivity contribution in [2.45, 2.75) is 33.1 Å². The van der Waals surface area contributed by atoms with E-state index in [0.717, 1.165) is 17.5 Å². The highest BCUT2D eigenvalue weighted by Gasteiger charge is 2.45. The molecule has 2 heterocycles. The van der Waals surface area contributed by atoms with E-state index in [1.807, 2.05) is 31.2 Å². The van der Waals surface area contributed by atoms with E-state index in [0.29, 0.717) is 42.8 Å². The van der Waals surface area contributed by atoms with Crippen molar-refractivity contribution in [1.29, 1.82) is 0 Å². The summed E-state index contributed by atoms with van der Waals surface area (Å²) in [6.07, 6.45) is 4.56. The fraction of sp³-hybridized carbons (Fsp3) is 0.409. The molecule has 1 amide bonds. The zero-order valence-corrected chi connectivity index (χ0v) is 16.4. The lowest BCUT2D eigenvalue weighted by Gasteiger charge is -2.41. The molecule has 6 heteroatoms. The van der Waals surface area contributed by atoms with Crippen LogP contribution in [0.5, 0.6) is 0 Å². The summed E-state index contributed by atoms with van der Waals surface area (Å²) in [5.74, 6) is -0.417. The minimum atomic E-state index is -0.761. The summed E-state index contributed by atoms with van der Waals surface area (Å²) in [6, 6.07) is 11.0. The Kier molecular flexibility index (Phi) is 5.97. The monoisotopic (exact) mass is 382 g/mol. The van der Waals surface area contributed by atoms with Crippen LogP contribution in [0.4, 0.5) is 0 Å². The van der Waals surface area contributed by atoms with Gasteiger partial charge < -0.3 is 14.8 Å². The van der Waals surface area contributed by atoms with Crippen LogP contribution in [0.2, 0.25) is 0 Å². The topological polar surface area (TPSA) is 73.5 Å². The Hall–Kier alpha value is -2.89. The predicted molar refractivity (Wildman–Crippen MR) is 104 cm³/mol. The summed E-state index contributed by atoms with van der Waals surface area (Å²) in [6.45, 7) is 5.03. The maximum Gasteiger partial charge on any atom is 0.314 e. The minimum Gasteiger partial charge on any atom is -0.619 e. The molecule has 1 fully saturated rings. The fourth-order valence-electron chi connectivity index (χ4n) is 3.88. The van der Waals surface area contributed by atoms with E-state index in [4.69, 9.17) is 4.74 Å². The first kappa shape index (κ1) is 19.9. The van der Waals surface area contributed by atoms with Gasteiger partial charge in [0.2, 0.25) is 0 Å². The molecule has 0 bridgehead atoms. The van der Waals surface area contributed by atoms with Crippen LogP contribution in [0.25, 0.3) is 0 Å². The second-order valence-electron chi connectivity index (χ2n) is 7.38. The summed E-state index contributed by atoms with van der Waals surface area (Å²) in [7, 11) is 0. The standard InChI is InChI=1S/C22H26N2O4/c1-3-28-21(26)22(15-19-8-5-4-7-17(19)2)11-6-12-23(16-22)20(25)18-9-13-24(27)14-10-18/h4-5,7-10,13-14H,3,6,11-12,15-16H2,1-2H3/t22-/m0/s1. The first-order valence-electron chi connectivity index (χ1n) is 9.65. The van der Waals surface area contributed by atoms with E-state index in [2.05, 4.69) is 0 Å². The third-order valence-corrected chi connectivity index (χ3v) is 5.41. The lowest BCUT2D eigenvalue weighted by atomic mass is 9.74. The maximum absolute atomic E-state index is 13.0. The zero-order chi connectivity index (χ0) is 20.1. The van der Waals surface area contributed by atoms with Crippen molar-refractivity contribution in [2.75, 3.05) is 19.7 Å². The Balaban J connectivity index is 1.89. The molecule has 0 unspecified atom stereocenters. The van der Waals surface area contributed by atoms with Crippen molar-refractivity contribution in [1.82, 2.24) is 4.90 Å². The van der Waals surface area contributed by atoms with E-state index in [1.54, 1.807) is 11.8 Å². The van der Waals surface area contributed by atoms with Gasteiger partial charge in [0.25, 0.3) is 5.91 Å². The van der Waals surface area contributed by atoms with E-state index < -0.39 is 5.41 Å². The predicted octanol–water partition coefficient (Wildman–Crippen LogP) is 2.66. The molecule has 1 aliphatic heterocycles. The molecule has 0 radical (unpaired) electrons. The fourth-order valence-corrected chi connectivity index (χ4v) is 3.88. The molecule has 148 valence electrons. The summed E-state index contributed by atoms with van der Waals surface area (Å²) < 4.78 is 6.07. The van der Waals surface area contributed by atoms with Crippen molar-refractivity contribution in [3.8, 4) is 0 Å². The van der Waals surface area contributed by atoms with Crippen LogP contribution in [-0.4, -0.2) is 36.5 Å². The van der Waals surface area contributed by atoms with Gasteiger partial charge in [-0.1, -0.05) is 24.3 Å². The Morgan fingerprint density at radius 3 is 2.61 bits per heavy atom. The number of esters is 1. The van der Waals surface area contributed by atoms with Gasteiger partial charge in [-0.15, -0.1) is 0 Å². The van der Waals surface area contributed by atoms with Gasteiger partial charge in [-0.2, -0.15) is 4.73 Å². The van der Waals surface area contributed by atoms with Gasteiger partial charge in [-0.3, -0.25) is 9.59 Å². The number of ether oxygens (including phenoxy) is 1. The summed E-state index contributed by atoms with van der Waals surface area (Å²) in [5.41, 5.74) is 1.90. The number of aryl methyl sites for hydroxylation is 1. The van der Waals surface area contributed by atoms with Crippen molar-refractivity contribution < 1.29 is 19.1 Å². The van der Waals surface area contributed by atoms with E-state index in [-0.39, 0.29) is 11.9 Å². The van der Waals surface area contributed by atoms with Gasteiger partial charge in [0, 0.05) is 25.2 Å². The van der Waals surface area contributed by atoms with Gasteiger partial charge in [0.05, 0.1) is 17.6 Å². The zero-order valence-electron chi connectivity index (χ0n) is 16.4. The Morgan fingerprint density at radius 1 is 1.21 bits per heavy atom. The molecule has 2 aromatic rings. The van der Waals surface area contributed by atoms with Gasteiger partial charge in [-0.05, 0) is 44.2 Å². The number of pyridine rings is 1. The SMILES string of the molecule is CCOC(=O)[C@]1(Cc2ccccc2C)CCCN(C(=O)c2cc[n+]([O-])cc2)C1. The molecule has 0 spiro atoms. The second kappa shape index (κ2) is 8.42. The van der Waals surface area contributed by atoms with Crippen LogP contribution in [0, 0.1) is 17.5 Å². The molecule has 0 saturated carbocycles. The highest BCUT2D eigenvalue weighted by molar-refractivity contribution is 5.94. The van der Waals surface area contributed by atoms with Crippen LogP contribution in [-0.2, 0) is 16.0 Å². The number of benzene rings is 1. The van der Waals surface area contributed by atoms with Gasteiger partial charge >= 0.3 is 5.97 Å². The molecule has 3 rings (SSSR count). The molecule has 28 heavy (non-hydrogen) atoms. The van der Waals surface area contributed by atoms with E-state index in [9.17, 15) is 14.8 Å². The number of aromatic nitrogens is 1. The van der Waals surface area contributed by atoms with Crippen molar-refractivity contribution >= 4 is 11.9 Å². The molecular formula is C22H26N2O4. The normalized spacial score (nSPS) is 19.3. The minimum absolute atomic E-state index is 0.168. The number of amides is 1. The maximum atomic E-state index is 13.0. The smallest absolute Gasteiger partial charge is 0.314 e. The number of hydrogen-bond acceptors (Lipinski definition) is 4. The van der Waals surface area contributed by atoms with Crippen LogP contribution >= 0.6 is 0 Å². The first-order valence-corrected chi connectivity index (χ1v) is 9.65. The Labute approximate surface area is 165 Å². The number of rotatable bonds is 5. The van der Waals surface area contributed by atoms with Crippen LogP contribution < -0.4 is 4.73 Å². The molecule has 1 saturated heterocycles. The Morgan fingerprint density at radius 2 is 1.93 bits per heavy atom. The molecule has 0 N–H and O–H groups in total. The third kappa shape index (κ3) is 4.16. The lowest BCUT2D eigenvalue weighted by molar-refractivity contribution is -0.605. The number of hydrogen-bond donors (Lipinski definition) is 0. The summed E-state index contributed by atoms with van der Waals surface area (Å²) in [5, 5.41) is 11.3. The number of nitrogens with zero attached hydrogens (tertiary/aromatic N) is 2. The van der Waals surface area contributed by atoms with Crippen LogP contribution in [0.15, 0.2) is 48.8 Å². The third-order valence-electron chi connectivity index (χ3n) is 5.41. The highest BCUT2D eigenvalue weighted by Crippen LogP contribution is 2.36. The molecule has 0 aliphatic carbocycles. The highest BCUT2D eigenvalue weighted by atomic mass is 16.5. The molecule has 1 aliphatic rings. The van der Waals surface area contributed by atoms with Crippen molar-refractivity contribution in [2.24, 2.45) is 5.41 Å². The number of carbonyl (C=O) groups excluding carboxylic acids is 2. The second-order valence-corrected chi connectivity index (χ2v) is 7.38. The van der Waals surface area contributed by atoms with E-state index in [1.165, 1.54) is 24.5 Å². The number of likely N-dealkylation sites (tertiary alicyclic amines) is 1. The molecular weight excluding hydrogens is 356 g/mol. The average molecular weight is 382 g/mol. The molecule has 1 aromatic carbocycles. The van der Waals surface area contributed by atoms with Crippen LogP contribution in [0.1, 0.15) is 41.3 Å². The quantitative estimate of drug-likeness (QED) is 0.453. The van der Waals surface area contributed by atoms with Gasteiger partial charge in [0.1, 0.15) is 0 Å². The lowest BCUT2D eigenvalue weighted by Crippen LogP contribution is -2.51. The average Bonchev–Trinajstić information content (AvgIpc) is 2.70. The van der Waals surface area contributed by atoms with Gasteiger partial charge in [-0.25, -0.2) is 0 Å². The van der Waals surface area contributed by atoms with Crippen LogP contribution in [0.3, 0.4) is 0 Å². The number of carbonyl (C=O) groups is 2. The van der Waals surface area contributed by atoms with Crippen molar-refractivity contribution in [3.05, 3.63) is 70.7 Å². The molecule has 1 atom stereocenters. The summed E-state index contributed by atoms with van der Waals surface area (Å²) in [4.78, 5) is 27.7. The van der Waals surface area contributed by atoms with Crippen molar-refractivity contribution in [3.63, 3.8) is 0 Å².